The number of carbonyl (C=O) groups excluding carboxylic acids is 1. The van der Waals surface area contributed by atoms with Crippen molar-refractivity contribution in [2.45, 2.75) is 33.4 Å². The van der Waals surface area contributed by atoms with E-state index in [2.05, 4.69) is 29.3 Å². The fourth-order valence-corrected chi connectivity index (χ4v) is 6.65. The van der Waals surface area contributed by atoms with Crippen LogP contribution in [0.5, 0.6) is 11.5 Å². The van der Waals surface area contributed by atoms with Crippen molar-refractivity contribution in [1.82, 2.24) is 4.57 Å². The van der Waals surface area contributed by atoms with Crippen LogP contribution in [-0.4, -0.2) is 23.8 Å². The molecule has 0 aliphatic carbocycles. The molecule has 4 aromatic carbocycles. The van der Waals surface area contributed by atoms with Gasteiger partial charge in [-0.15, -0.1) is 0 Å². The van der Waals surface area contributed by atoms with Crippen LogP contribution < -0.4 is 24.4 Å². The second kappa shape index (κ2) is 13.1. The van der Waals surface area contributed by atoms with E-state index in [1.54, 1.807) is 30.5 Å². The molecule has 1 aliphatic heterocycles. The Bertz CT molecular complexity index is 2110. The van der Waals surface area contributed by atoms with E-state index in [0.717, 1.165) is 27.5 Å². The maximum Gasteiger partial charge on any atom is 0.338 e. The van der Waals surface area contributed by atoms with Gasteiger partial charge in [-0.2, -0.15) is 0 Å². The molecule has 9 heteroatoms. The summed E-state index contributed by atoms with van der Waals surface area (Å²) in [6.07, 6.45) is 1.81. The number of carbonyl (C=O) groups is 1. The van der Waals surface area contributed by atoms with Gasteiger partial charge in [0.2, 0.25) is 0 Å². The minimum Gasteiger partial charge on any atom is -0.490 e. The molecular weight excluding hydrogens is 608 g/mol. The average Bonchev–Trinajstić information content (AvgIpc) is 3.34. The van der Waals surface area contributed by atoms with E-state index in [1.807, 2.05) is 61.5 Å². The highest BCUT2D eigenvalue weighted by atomic mass is 35.5. The lowest BCUT2D eigenvalue weighted by Gasteiger charge is -2.24. The molecule has 6 rings (SSSR count). The molecule has 7 nitrogen and oxygen atoms in total. The molecular formula is C36H31ClN2O5S. The van der Waals surface area contributed by atoms with Crippen molar-refractivity contribution in [3.8, 4) is 11.5 Å². The second-order valence-electron chi connectivity index (χ2n) is 10.4. The molecule has 0 amide bonds. The van der Waals surface area contributed by atoms with Gasteiger partial charge in [0.05, 0.1) is 35.1 Å². The number of halogens is 1. The molecule has 228 valence electrons. The number of ether oxygens (including phenoxy) is 3. The van der Waals surface area contributed by atoms with Crippen LogP contribution >= 0.6 is 22.9 Å². The summed E-state index contributed by atoms with van der Waals surface area (Å²) in [4.78, 5) is 32.2. The van der Waals surface area contributed by atoms with Crippen molar-refractivity contribution < 1.29 is 19.0 Å². The summed E-state index contributed by atoms with van der Waals surface area (Å²) in [6, 6.07) is 26.4. The highest BCUT2D eigenvalue weighted by Gasteiger charge is 2.33. The zero-order valence-electron chi connectivity index (χ0n) is 25.1. The van der Waals surface area contributed by atoms with E-state index < -0.39 is 12.0 Å². The number of hydrogen-bond donors (Lipinski definition) is 0. The maximum atomic E-state index is 14.0. The monoisotopic (exact) mass is 638 g/mol. The van der Waals surface area contributed by atoms with Crippen molar-refractivity contribution >= 4 is 45.8 Å². The van der Waals surface area contributed by atoms with Gasteiger partial charge in [0.15, 0.2) is 16.3 Å². The van der Waals surface area contributed by atoms with Crippen LogP contribution in [0, 0.1) is 0 Å². The number of aromatic nitrogens is 1. The molecule has 0 saturated heterocycles. The third-order valence-corrected chi connectivity index (χ3v) is 8.77. The topological polar surface area (TPSA) is 79.1 Å². The Balaban J connectivity index is 1.37. The van der Waals surface area contributed by atoms with Crippen LogP contribution in [0.3, 0.4) is 0 Å². The van der Waals surface area contributed by atoms with Crippen LogP contribution in [0.2, 0.25) is 5.02 Å². The lowest BCUT2D eigenvalue weighted by Crippen LogP contribution is -2.39. The summed E-state index contributed by atoms with van der Waals surface area (Å²) in [7, 11) is 0. The van der Waals surface area contributed by atoms with Crippen LogP contribution in [0.15, 0.2) is 106 Å². The highest BCUT2D eigenvalue weighted by molar-refractivity contribution is 7.07. The number of thiazole rings is 1. The molecule has 0 N–H and O–H groups in total. The fraction of sp³-hybridized carbons (Fsp3) is 0.194. The van der Waals surface area contributed by atoms with E-state index in [1.165, 1.54) is 11.3 Å². The summed E-state index contributed by atoms with van der Waals surface area (Å²) in [5, 5.41) is 2.85. The first kappa shape index (κ1) is 30.4. The largest absolute Gasteiger partial charge is 0.490 e. The summed E-state index contributed by atoms with van der Waals surface area (Å²) in [5.74, 6) is 0.688. The Morgan fingerprint density at radius 2 is 1.73 bits per heavy atom. The molecule has 1 atom stereocenters. The molecule has 0 fully saturated rings. The number of benzene rings is 4. The first-order valence-electron chi connectivity index (χ1n) is 14.7. The number of esters is 1. The normalized spacial score (nSPS) is 14.7. The first-order valence-corrected chi connectivity index (χ1v) is 15.9. The van der Waals surface area contributed by atoms with Gasteiger partial charge in [0.25, 0.3) is 5.56 Å². The summed E-state index contributed by atoms with van der Waals surface area (Å²) in [6.45, 7) is 6.46. The van der Waals surface area contributed by atoms with E-state index in [-0.39, 0.29) is 12.2 Å². The minimum absolute atomic E-state index is 0.206. The van der Waals surface area contributed by atoms with Gasteiger partial charge in [-0.1, -0.05) is 83.6 Å². The van der Waals surface area contributed by atoms with E-state index >= 15 is 0 Å². The Morgan fingerprint density at radius 3 is 2.51 bits per heavy atom. The standard InChI is InChI=1S/C36H31ClN2O5S/c1-4-42-30-19-23(13-18-29(30)44-21-26-11-8-10-24-9-6-7-12-28(24)26)20-31-34(40)39-33(25-14-16-27(37)17-15-25)32(35(41)43-5-2)22(3)38-36(39)45-31/h6-20,33H,4-5,21H2,1-3H3/b31-20-/t33-/m0/s1. The van der Waals surface area contributed by atoms with Crippen molar-refractivity contribution in [2.24, 2.45) is 4.99 Å². The van der Waals surface area contributed by atoms with Crippen LogP contribution in [0.25, 0.3) is 16.8 Å². The van der Waals surface area contributed by atoms with Crippen LogP contribution in [-0.2, 0) is 16.1 Å². The van der Waals surface area contributed by atoms with Gasteiger partial charge >= 0.3 is 5.97 Å². The molecule has 0 spiro atoms. The maximum absolute atomic E-state index is 14.0. The Hall–Kier alpha value is -4.66. The summed E-state index contributed by atoms with van der Waals surface area (Å²) >= 11 is 7.43. The second-order valence-corrected chi connectivity index (χ2v) is 11.9. The van der Waals surface area contributed by atoms with E-state index in [4.69, 9.17) is 25.8 Å². The van der Waals surface area contributed by atoms with Crippen LogP contribution in [0.4, 0.5) is 0 Å². The number of allylic oxidation sites excluding steroid dienone is 1. The third kappa shape index (κ3) is 6.16. The van der Waals surface area contributed by atoms with Gasteiger partial charge in [0, 0.05) is 5.02 Å². The zero-order chi connectivity index (χ0) is 31.5. The summed E-state index contributed by atoms with van der Waals surface area (Å²) in [5.41, 5.74) is 3.15. The van der Waals surface area contributed by atoms with Gasteiger partial charge in [-0.25, -0.2) is 9.79 Å². The molecule has 5 aromatic rings. The number of rotatable bonds is 9. The first-order chi connectivity index (χ1) is 21.9. The highest BCUT2D eigenvalue weighted by Crippen LogP contribution is 2.32. The van der Waals surface area contributed by atoms with E-state index in [9.17, 15) is 9.59 Å². The van der Waals surface area contributed by atoms with Gasteiger partial charge in [-0.05, 0) is 78.6 Å². The quantitative estimate of drug-likeness (QED) is 0.170. The molecule has 0 bridgehead atoms. The Kier molecular flexibility index (Phi) is 8.87. The third-order valence-electron chi connectivity index (χ3n) is 7.53. The molecule has 0 saturated carbocycles. The molecule has 1 aliphatic rings. The predicted molar refractivity (Wildman–Crippen MR) is 178 cm³/mol. The molecule has 0 unspecified atom stereocenters. The van der Waals surface area contributed by atoms with Gasteiger partial charge in [-0.3, -0.25) is 9.36 Å². The lowest BCUT2D eigenvalue weighted by atomic mass is 9.96. The van der Waals surface area contributed by atoms with Crippen molar-refractivity contribution in [3.63, 3.8) is 0 Å². The number of hydrogen-bond acceptors (Lipinski definition) is 7. The smallest absolute Gasteiger partial charge is 0.338 e. The van der Waals surface area contributed by atoms with Crippen molar-refractivity contribution in [2.75, 3.05) is 13.2 Å². The lowest BCUT2D eigenvalue weighted by molar-refractivity contribution is -0.139. The SMILES string of the molecule is CCOC(=O)C1=C(C)N=c2s/c(=C\c3ccc(OCc4cccc5ccccc45)c(OCC)c3)c(=O)n2[C@H]1c1ccc(Cl)cc1. The predicted octanol–water partition coefficient (Wildman–Crippen LogP) is 6.58. The van der Waals surface area contributed by atoms with E-state index in [0.29, 0.717) is 50.3 Å². The fourth-order valence-electron chi connectivity index (χ4n) is 5.48. The summed E-state index contributed by atoms with van der Waals surface area (Å²) < 4.78 is 19.6. The molecule has 2 heterocycles. The van der Waals surface area contributed by atoms with Crippen molar-refractivity contribution in [3.05, 3.63) is 138 Å². The average molecular weight is 639 g/mol. The van der Waals surface area contributed by atoms with Crippen LogP contribution in [0.1, 0.15) is 43.5 Å². The Morgan fingerprint density at radius 1 is 0.956 bits per heavy atom. The van der Waals surface area contributed by atoms with Crippen molar-refractivity contribution in [1.29, 1.82) is 0 Å². The van der Waals surface area contributed by atoms with Gasteiger partial charge < -0.3 is 14.2 Å². The minimum atomic E-state index is -0.705. The van der Waals surface area contributed by atoms with Gasteiger partial charge in [0.1, 0.15) is 6.61 Å². The molecule has 1 aromatic heterocycles. The Labute approximate surface area is 269 Å². The number of nitrogens with zero attached hydrogens (tertiary/aromatic N) is 2. The molecule has 45 heavy (non-hydrogen) atoms. The number of fused-ring (bicyclic) bond motifs is 2. The molecule has 0 radical (unpaired) electrons. The zero-order valence-corrected chi connectivity index (χ0v) is 26.7.